The minimum Gasteiger partial charge on any atom is -0.468 e. The van der Waals surface area contributed by atoms with Gasteiger partial charge >= 0.3 is 5.97 Å². The van der Waals surface area contributed by atoms with E-state index in [1.807, 2.05) is 18.7 Å². The lowest BCUT2D eigenvalue weighted by Crippen LogP contribution is -2.51. The van der Waals surface area contributed by atoms with E-state index in [2.05, 4.69) is 26.1 Å². The van der Waals surface area contributed by atoms with E-state index in [1.54, 1.807) is 0 Å². The van der Waals surface area contributed by atoms with Crippen molar-refractivity contribution in [2.24, 2.45) is 5.92 Å². The molecule has 2 unspecified atom stereocenters. The molecule has 0 amide bonds. The zero-order chi connectivity index (χ0) is 15.2. The van der Waals surface area contributed by atoms with E-state index in [1.165, 1.54) is 32.1 Å². The molecule has 0 aromatic rings. The first-order valence-electron chi connectivity index (χ1n) is 7.86. The van der Waals surface area contributed by atoms with Crippen LogP contribution < -0.4 is 5.32 Å². The summed E-state index contributed by atoms with van der Waals surface area (Å²) in [5.41, 5.74) is -0.496. The highest BCUT2D eigenvalue weighted by Crippen LogP contribution is 2.27. The molecule has 0 radical (unpaired) electrons. The van der Waals surface area contributed by atoms with E-state index in [-0.39, 0.29) is 5.97 Å². The van der Waals surface area contributed by atoms with Gasteiger partial charge in [-0.3, -0.25) is 10.1 Å². The minimum absolute atomic E-state index is 0.118. The van der Waals surface area contributed by atoms with Gasteiger partial charge in [0.05, 0.1) is 7.11 Å². The van der Waals surface area contributed by atoms with Crippen molar-refractivity contribution in [2.75, 3.05) is 12.9 Å². The third-order valence-corrected chi connectivity index (χ3v) is 5.72. The van der Waals surface area contributed by atoms with E-state index in [0.717, 1.165) is 18.8 Å². The molecule has 20 heavy (non-hydrogen) atoms. The number of rotatable bonds is 10. The maximum atomic E-state index is 12.0. The second-order valence-corrected chi connectivity index (χ2v) is 8.00. The Morgan fingerprint density at radius 3 is 2.50 bits per heavy atom. The van der Waals surface area contributed by atoms with Crippen LogP contribution in [0.15, 0.2) is 0 Å². The fraction of sp³-hybridized carbons (Fsp3) is 0.938. The Kier molecular flexibility index (Phi) is 7.38. The second kappa shape index (κ2) is 8.28. The summed E-state index contributed by atoms with van der Waals surface area (Å²) in [4.78, 5) is 12.0. The molecule has 1 saturated carbocycles. The molecule has 0 heterocycles. The number of esters is 1. The summed E-state index contributed by atoms with van der Waals surface area (Å²) in [6, 6.07) is 0.523. The maximum absolute atomic E-state index is 12.0. The van der Waals surface area contributed by atoms with Gasteiger partial charge in [0.15, 0.2) is 0 Å². The molecule has 0 aromatic carbocycles. The Labute approximate surface area is 128 Å². The van der Waals surface area contributed by atoms with Crippen molar-refractivity contribution in [1.29, 1.82) is 0 Å². The predicted octanol–water partition coefficient (Wildman–Crippen LogP) is 3.62. The molecule has 3 nitrogen and oxygen atoms in total. The first kappa shape index (κ1) is 17.8. The summed E-state index contributed by atoms with van der Waals surface area (Å²) in [5.74, 6) is 1.80. The fourth-order valence-corrected chi connectivity index (χ4v) is 3.31. The Morgan fingerprint density at radius 2 is 2.00 bits per heavy atom. The Morgan fingerprint density at radius 1 is 1.35 bits per heavy atom. The lowest BCUT2D eigenvalue weighted by atomic mass is 9.95. The Hall–Kier alpha value is -0.220. The number of ether oxygens (including phenoxy) is 1. The smallest absolute Gasteiger partial charge is 0.325 e. The van der Waals surface area contributed by atoms with E-state index < -0.39 is 5.54 Å². The molecule has 0 spiro atoms. The molecule has 1 rings (SSSR count). The maximum Gasteiger partial charge on any atom is 0.325 e. The van der Waals surface area contributed by atoms with Gasteiger partial charge in [0, 0.05) is 11.3 Å². The van der Waals surface area contributed by atoms with Gasteiger partial charge in [-0.2, -0.15) is 11.8 Å². The second-order valence-electron chi connectivity index (χ2n) is 6.52. The van der Waals surface area contributed by atoms with Crippen LogP contribution in [0.5, 0.6) is 0 Å². The highest BCUT2D eigenvalue weighted by Gasteiger charge is 2.38. The molecule has 0 aromatic heterocycles. The van der Waals surface area contributed by atoms with Crippen molar-refractivity contribution in [1.82, 2.24) is 5.32 Å². The zero-order valence-corrected chi connectivity index (χ0v) is 14.5. The van der Waals surface area contributed by atoms with Crippen LogP contribution in [0.25, 0.3) is 0 Å². The first-order chi connectivity index (χ1) is 9.39. The highest BCUT2D eigenvalue weighted by atomic mass is 32.2. The van der Waals surface area contributed by atoms with Gasteiger partial charge < -0.3 is 4.74 Å². The molecular formula is C16H31NO2S. The van der Waals surface area contributed by atoms with Crippen LogP contribution in [0.2, 0.25) is 0 Å². The summed E-state index contributed by atoms with van der Waals surface area (Å²) in [5, 5.41) is 4.17. The van der Waals surface area contributed by atoms with Gasteiger partial charge in [-0.25, -0.2) is 0 Å². The minimum atomic E-state index is -0.496. The van der Waals surface area contributed by atoms with Gasteiger partial charge in [0.2, 0.25) is 0 Å². The van der Waals surface area contributed by atoms with Gasteiger partial charge in [-0.15, -0.1) is 0 Å². The largest absolute Gasteiger partial charge is 0.468 e. The first-order valence-corrected chi connectivity index (χ1v) is 8.91. The van der Waals surface area contributed by atoms with Gasteiger partial charge in [-0.05, 0) is 44.3 Å². The summed E-state index contributed by atoms with van der Waals surface area (Å²) in [6.45, 7) is 8.82. The molecule has 0 saturated heterocycles. The van der Waals surface area contributed by atoms with Crippen LogP contribution in [-0.2, 0) is 9.53 Å². The molecule has 1 aliphatic carbocycles. The Bertz CT molecular complexity index is 305. The molecule has 1 aliphatic rings. The third-order valence-electron chi connectivity index (χ3n) is 4.13. The summed E-state index contributed by atoms with van der Waals surface area (Å²) >= 11 is 2.04. The van der Waals surface area contributed by atoms with Crippen LogP contribution in [0.1, 0.15) is 59.8 Å². The molecule has 2 atom stereocenters. The van der Waals surface area contributed by atoms with Gasteiger partial charge in [0.1, 0.15) is 5.54 Å². The lowest BCUT2D eigenvalue weighted by molar-refractivity contribution is -0.148. The molecule has 0 aliphatic heterocycles. The summed E-state index contributed by atoms with van der Waals surface area (Å²) in [6.07, 6.45) is 5.49. The van der Waals surface area contributed by atoms with Crippen LogP contribution in [0.3, 0.4) is 0 Å². The molecule has 0 bridgehead atoms. The lowest BCUT2D eigenvalue weighted by Gasteiger charge is -2.28. The van der Waals surface area contributed by atoms with Crippen molar-refractivity contribution in [3.63, 3.8) is 0 Å². The number of hydrogen-bond donors (Lipinski definition) is 1. The molecule has 1 N–H and O–H groups in total. The highest BCUT2D eigenvalue weighted by molar-refractivity contribution is 7.99. The van der Waals surface area contributed by atoms with Gasteiger partial charge in [0.25, 0.3) is 0 Å². The fourth-order valence-electron chi connectivity index (χ4n) is 2.18. The average molecular weight is 301 g/mol. The van der Waals surface area contributed by atoms with Crippen LogP contribution in [0, 0.1) is 5.92 Å². The number of methoxy groups -OCH3 is 1. The zero-order valence-electron chi connectivity index (χ0n) is 13.7. The Balaban J connectivity index is 2.26. The van der Waals surface area contributed by atoms with Crippen LogP contribution >= 0.6 is 11.8 Å². The van der Waals surface area contributed by atoms with Gasteiger partial charge in [-0.1, -0.05) is 27.2 Å². The van der Waals surface area contributed by atoms with Crippen molar-refractivity contribution in [2.45, 2.75) is 76.6 Å². The number of hydrogen-bond acceptors (Lipinski definition) is 4. The SMILES string of the molecule is COC(=O)C(C)(CCCCSC(C)C(C)C)NC1CC1. The standard InChI is InChI=1S/C16H31NO2S/c1-12(2)13(3)20-11-7-6-10-16(4,15(18)19-5)17-14-8-9-14/h12-14,17H,6-11H2,1-5H3. The topological polar surface area (TPSA) is 38.3 Å². The van der Waals surface area contributed by atoms with Crippen molar-refractivity contribution >= 4 is 17.7 Å². The third kappa shape index (κ3) is 6.04. The number of unbranched alkanes of at least 4 members (excludes halogenated alkanes) is 1. The quantitative estimate of drug-likeness (QED) is 0.494. The van der Waals surface area contributed by atoms with Crippen molar-refractivity contribution < 1.29 is 9.53 Å². The molecule has 118 valence electrons. The summed E-state index contributed by atoms with van der Waals surface area (Å²) < 4.78 is 4.96. The number of carbonyl (C=O) groups is 1. The van der Waals surface area contributed by atoms with E-state index in [9.17, 15) is 4.79 Å². The van der Waals surface area contributed by atoms with E-state index in [4.69, 9.17) is 4.74 Å². The molecule has 4 heteroatoms. The monoisotopic (exact) mass is 301 g/mol. The normalized spacial score (nSPS) is 19.7. The molecular weight excluding hydrogens is 270 g/mol. The van der Waals surface area contributed by atoms with Crippen LogP contribution in [-0.4, -0.2) is 35.7 Å². The number of nitrogens with one attached hydrogen (secondary N) is 1. The average Bonchev–Trinajstić information content (AvgIpc) is 3.20. The van der Waals surface area contributed by atoms with Crippen molar-refractivity contribution in [3.05, 3.63) is 0 Å². The molecule has 1 fully saturated rings. The van der Waals surface area contributed by atoms with Crippen LogP contribution in [0.4, 0.5) is 0 Å². The summed E-state index contributed by atoms with van der Waals surface area (Å²) in [7, 11) is 1.48. The van der Waals surface area contributed by atoms with E-state index in [0.29, 0.717) is 11.3 Å². The predicted molar refractivity (Wildman–Crippen MR) is 87.2 cm³/mol. The van der Waals surface area contributed by atoms with Crippen molar-refractivity contribution in [3.8, 4) is 0 Å². The number of thioether (sulfide) groups is 1. The van der Waals surface area contributed by atoms with E-state index >= 15 is 0 Å². The number of carbonyl (C=O) groups excluding carboxylic acids is 1.